The van der Waals surface area contributed by atoms with E-state index in [1.54, 1.807) is 0 Å². The highest BCUT2D eigenvalue weighted by Gasteiger charge is 2.22. The third kappa shape index (κ3) is 3.37. The summed E-state index contributed by atoms with van der Waals surface area (Å²) in [6.45, 7) is 8.56. The molecule has 1 aromatic carbocycles. The van der Waals surface area contributed by atoms with E-state index < -0.39 is 0 Å². The Kier molecular flexibility index (Phi) is 4.11. The summed E-state index contributed by atoms with van der Waals surface area (Å²) in [7, 11) is 0. The van der Waals surface area contributed by atoms with Crippen LogP contribution >= 0.6 is 0 Å². The molecule has 0 spiro atoms. The second kappa shape index (κ2) is 5.15. The number of benzene rings is 1. The normalized spacial score (nSPS) is 11.2. The third-order valence-electron chi connectivity index (χ3n) is 2.27. The van der Waals surface area contributed by atoms with Crippen LogP contribution in [-0.2, 0) is 0 Å². The molecule has 0 N–H and O–H groups in total. The summed E-state index contributed by atoms with van der Waals surface area (Å²) >= 11 is 0. The van der Waals surface area contributed by atoms with E-state index in [1.165, 1.54) is 0 Å². The minimum absolute atomic E-state index is 0.162. The van der Waals surface area contributed by atoms with Crippen LogP contribution in [0, 0.1) is 5.41 Å². The fraction of sp³-hybridized carbons (Fsp3) is 0.500. The monoisotopic (exact) mass is 220 g/mol. The fourth-order valence-electron chi connectivity index (χ4n) is 1.36. The number of rotatable bonds is 4. The van der Waals surface area contributed by atoms with Gasteiger partial charge in [0.25, 0.3) is 0 Å². The first-order valence-electron chi connectivity index (χ1n) is 5.73. The van der Waals surface area contributed by atoms with Crippen molar-refractivity contribution in [2.45, 2.75) is 34.1 Å². The highest BCUT2D eigenvalue weighted by Crippen LogP contribution is 2.22. The Morgan fingerprint density at radius 2 is 1.75 bits per heavy atom. The van der Waals surface area contributed by atoms with Crippen LogP contribution in [0.5, 0.6) is 5.75 Å². The van der Waals surface area contributed by atoms with Crippen molar-refractivity contribution < 1.29 is 9.53 Å². The van der Waals surface area contributed by atoms with Crippen molar-refractivity contribution in [2.75, 3.05) is 6.61 Å². The number of hydrogen-bond acceptors (Lipinski definition) is 2. The second-order valence-electron chi connectivity index (χ2n) is 4.95. The molecule has 0 heterocycles. The molecule has 0 aliphatic rings. The van der Waals surface area contributed by atoms with Crippen LogP contribution in [0.4, 0.5) is 0 Å². The van der Waals surface area contributed by atoms with E-state index in [-0.39, 0.29) is 11.2 Å². The smallest absolute Gasteiger partial charge is 0.168 e. The lowest BCUT2D eigenvalue weighted by molar-refractivity contribution is 0.0858. The molecule has 0 aliphatic heterocycles. The molecule has 0 saturated heterocycles. The Bertz CT molecular complexity index is 344. The molecule has 0 atom stereocenters. The predicted octanol–water partition coefficient (Wildman–Crippen LogP) is 3.70. The van der Waals surface area contributed by atoms with Gasteiger partial charge >= 0.3 is 0 Å². The van der Waals surface area contributed by atoms with E-state index in [9.17, 15) is 4.79 Å². The zero-order valence-electron chi connectivity index (χ0n) is 10.5. The van der Waals surface area contributed by atoms with E-state index >= 15 is 0 Å². The molecule has 0 aromatic heterocycles. The first-order valence-corrected chi connectivity index (χ1v) is 5.73. The topological polar surface area (TPSA) is 26.3 Å². The summed E-state index contributed by atoms with van der Waals surface area (Å²) in [5, 5.41) is 0. The summed E-state index contributed by atoms with van der Waals surface area (Å²) in [6.07, 6.45) is 0.989. The fourth-order valence-corrected chi connectivity index (χ4v) is 1.36. The maximum absolute atomic E-state index is 12.0. The molecular weight excluding hydrogens is 200 g/mol. The Balaban J connectivity index is 2.75. The maximum atomic E-state index is 12.0. The third-order valence-corrected chi connectivity index (χ3v) is 2.27. The maximum Gasteiger partial charge on any atom is 0.168 e. The van der Waals surface area contributed by atoms with E-state index in [2.05, 4.69) is 6.92 Å². The van der Waals surface area contributed by atoms with Gasteiger partial charge in [0.1, 0.15) is 5.75 Å². The molecule has 1 rings (SSSR count). The highest BCUT2D eigenvalue weighted by atomic mass is 16.5. The molecule has 0 bridgehead atoms. The van der Waals surface area contributed by atoms with Gasteiger partial charge in [-0.2, -0.15) is 0 Å². The van der Waals surface area contributed by atoms with Gasteiger partial charge in [-0.25, -0.2) is 0 Å². The van der Waals surface area contributed by atoms with Crippen molar-refractivity contribution in [3.63, 3.8) is 0 Å². The standard InChI is InChI=1S/C14H20O2/c1-5-10-16-12-8-6-11(7-9-12)13(15)14(2,3)4/h6-9H,5,10H2,1-4H3. The lowest BCUT2D eigenvalue weighted by atomic mass is 9.86. The first-order chi connectivity index (χ1) is 7.45. The lowest BCUT2D eigenvalue weighted by Crippen LogP contribution is -2.19. The Morgan fingerprint density at radius 1 is 1.19 bits per heavy atom. The summed E-state index contributed by atoms with van der Waals surface area (Å²) in [4.78, 5) is 12.0. The first kappa shape index (κ1) is 12.8. The molecule has 88 valence electrons. The molecule has 1 aromatic rings. The molecule has 0 radical (unpaired) electrons. The van der Waals surface area contributed by atoms with Gasteiger partial charge in [0, 0.05) is 11.0 Å². The van der Waals surface area contributed by atoms with Crippen molar-refractivity contribution in [3.8, 4) is 5.75 Å². The van der Waals surface area contributed by atoms with Crippen molar-refractivity contribution in [1.82, 2.24) is 0 Å². The van der Waals surface area contributed by atoms with Gasteiger partial charge in [-0.15, -0.1) is 0 Å². The van der Waals surface area contributed by atoms with E-state index in [0.29, 0.717) is 6.61 Å². The number of hydrogen-bond donors (Lipinski definition) is 0. The second-order valence-corrected chi connectivity index (χ2v) is 4.95. The minimum Gasteiger partial charge on any atom is -0.494 e. The van der Waals surface area contributed by atoms with Crippen molar-refractivity contribution in [2.24, 2.45) is 5.41 Å². The van der Waals surface area contributed by atoms with Crippen molar-refractivity contribution in [3.05, 3.63) is 29.8 Å². The van der Waals surface area contributed by atoms with Crippen LogP contribution in [0.15, 0.2) is 24.3 Å². The zero-order valence-corrected chi connectivity index (χ0v) is 10.5. The quantitative estimate of drug-likeness (QED) is 0.723. The predicted molar refractivity (Wildman–Crippen MR) is 66.0 cm³/mol. The molecule has 0 amide bonds. The molecule has 2 nitrogen and oxygen atoms in total. The summed E-state index contributed by atoms with van der Waals surface area (Å²) < 4.78 is 5.46. The Hall–Kier alpha value is -1.31. The van der Waals surface area contributed by atoms with Gasteiger partial charge in [-0.1, -0.05) is 27.7 Å². The lowest BCUT2D eigenvalue weighted by Gasteiger charge is -2.16. The summed E-state index contributed by atoms with van der Waals surface area (Å²) in [6, 6.07) is 7.38. The van der Waals surface area contributed by atoms with Gasteiger partial charge in [0.15, 0.2) is 5.78 Å². The van der Waals surface area contributed by atoms with Crippen molar-refractivity contribution >= 4 is 5.78 Å². The highest BCUT2D eigenvalue weighted by molar-refractivity contribution is 5.99. The van der Waals surface area contributed by atoms with E-state index in [4.69, 9.17) is 4.74 Å². The van der Waals surface area contributed by atoms with Crippen LogP contribution in [-0.4, -0.2) is 12.4 Å². The van der Waals surface area contributed by atoms with Gasteiger partial charge < -0.3 is 4.74 Å². The van der Waals surface area contributed by atoms with Gasteiger partial charge in [0.05, 0.1) is 6.61 Å². The molecule has 16 heavy (non-hydrogen) atoms. The number of carbonyl (C=O) groups is 1. The largest absolute Gasteiger partial charge is 0.494 e. The Morgan fingerprint density at radius 3 is 2.19 bits per heavy atom. The molecule has 0 saturated carbocycles. The zero-order chi connectivity index (χ0) is 12.2. The molecule has 0 fully saturated rings. The van der Waals surface area contributed by atoms with Crippen LogP contribution in [0.2, 0.25) is 0 Å². The minimum atomic E-state index is -0.328. The number of ether oxygens (including phenoxy) is 1. The van der Waals surface area contributed by atoms with Gasteiger partial charge in [-0.3, -0.25) is 4.79 Å². The molecule has 0 aliphatic carbocycles. The van der Waals surface area contributed by atoms with E-state index in [1.807, 2.05) is 45.0 Å². The van der Waals surface area contributed by atoms with Gasteiger partial charge in [-0.05, 0) is 30.7 Å². The van der Waals surface area contributed by atoms with Crippen LogP contribution < -0.4 is 4.74 Å². The molecule has 0 unspecified atom stereocenters. The molecule has 2 heteroatoms. The van der Waals surface area contributed by atoms with Crippen LogP contribution in [0.1, 0.15) is 44.5 Å². The van der Waals surface area contributed by atoms with E-state index in [0.717, 1.165) is 17.7 Å². The average molecular weight is 220 g/mol. The molecular formula is C14H20O2. The average Bonchev–Trinajstić information content (AvgIpc) is 2.25. The van der Waals surface area contributed by atoms with Crippen LogP contribution in [0.25, 0.3) is 0 Å². The SMILES string of the molecule is CCCOc1ccc(C(=O)C(C)(C)C)cc1. The summed E-state index contributed by atoms with van der Waals surface area (Å²) in [5.41, 5.74) is 0.419. The van der Waals surface area contributed by atoms with Crippen LogP contribution in [0.3, 0.4) is 0 Å². The number of carbonyl (C=O) groups excluding carboxylic acids is 1. The number of ketones is 1. The number of Topliss-reactive ketones (excluding diaryl/α,β-unsaturated/α-hetero) is 1. The summed E-state index contributed by atoms with van der Waals surface area (Å²) in [5.74, 6) is 0.988. The van der Waals surface area contributed by atoms with Gasteiger partial charge in [0.2, 0.25) is 0 Å². The van der Waals surface area contributed by atoms with Crippen molar-refractivity contribution in [1.29, 1.82) is 0 Å². The Labute approximate surface area is 97.6 Å².